The molecule has 0 saturated carbocycles. The Hall–Kier alpha value is -1.92. The SMILES string of the molecule is CC(C)n1cccc1C1C(c2ccccn2)NC(=S)N1CCO. The Balaban J connectivity index is 2.05. The van der Waals surface area contributed by atoms with Crippen LogP contribution < -0.4 is 5.32 Å². The monoisotopic (exact) mass is 330 g/mol. The Labute approximate surface area is 142 Å². The number of β-amino-alcohol motifs (C(OH)–C–C–N with tert-alkyl or cyclic N) is 1. The maximum Gasteiger partial charge on any atom is 0.170 e. The molecule has 0 bridgehead atoms. The second kappa shape index (κ2) is 6.68. The predicted molar refractivity (Wildman–Crippen MR) is 94.1 cm³/mol. The molecular formula is C17H22N4OS. The first-order valence-electron chi connectivity index (χ1n) is 7.89. The fourth-order valence-electron chi connectivity index (χ4n) is 3.20. The van der Waals surface area contributed by atoms with E-state index in [0.29, 0.717) is 17.7 Å². The van der Waals surface area contributed by atoms with Gasteiger partial charge in [0, 0.05) is 30.7 Å². The lowest BCUT2D eigenvalue weighted by Crippen LogP contribution is -2.33. The molecule has 2 atom stereocenters. The van der Waals surface area contributed by atoms with Crippen LogP contribution in [0.15, 0.2) is 42.7 Å². The van der Waals surface area contributed by atoms with E-state index in [2.05, 4.69) is 51.9 Å². The highest BCUT2D eigenvalue weighted by Gasteiger charge is 2.40. The van der Waals surface area contributed by atoms with E-state index < -0.39 is 0 Å². The fourth-order valence-corrected chi connectivity index (χ4v) is 3.54. The highest BCUT2D eigenvalue weighted by atomic mass is 32.1. The largest absolute Gasteiger partial charge is 0.395 e. The van der Waals surface area contributed by atoms with Crippen molar-refractivity contribution in [2.45, 2.75) is 32.0 Å². The van der Waals surface area contributed by atoms with E-state index in [-0.39, 0.29) is 18.7 Å². The van der Waals surface area contributed by atoms with Crippen molar-refractivity contribution in [1.82, 2.24) is 19.8 Å². The topological polar surface area (TPSA) is 53.3 Å². The zero-order valence-electron chi connectivity index (χ0n) is 13.4. The first kappa shape index (κ1) is 16.0. The molecule has 2 aromatic heterocycles. The lowest BCUT2D eigenvalue weighted by atomic mass is 10.0. The Kier molecular flexibility index (Phi) is 4.63. The smallest absolute Gasteiger partial charge is 0.170 e. The fraction of sp³-hybridized carbons (Fsp3) is 0.412. The minimum Gasteiger partial charge on any atom is -0.395 e. The molecule has 1 aliphatic rings. The van der Waals surface area contributed by atoms with Gasteiger partial charge in [-0.2, -0.15) is 0 Å². The minimum absolute atomic E-state index is 0.0157. The van der Waals surface area contributed by atoms with Gasteiger partial charge in [0.1, 0.15) is 0 Å². The summed E-state index contributed by atoms with van der Waals surface area (Å²) in [6, 6.07) is 10.4. The van der Waals surface area contributed by atoms with Crippen molar-refractivity contribution in [3.63, 3.8) is 0 Å². The van der Waals surface area contributed by atoms with Gasteiger partial charge in [-0.05, 0) is 50.3 Å². The number of pyridine rings is 1. The number of rotatable bonds is 5. The molecule has 6 heteroatoms. The van der Waals surface area contributed by atoms with Gasteiger partial charge in [-0.25, -0.2) is 0 Å². The molecule has 0 spiro atoms. The summed E-state index contributed by atoms with van der Waals surface area (Å²) >= 11 is 5.51. The van der Waals surface area contributed by atoms with E-state index in [0.717, 1.165) is 5.69 Å². The molecule has 0 amide bonds. The summed E-state index contributed by atoms with van der Waals surface area (Å²) < 4.78 is 2.25. The third-order valence-electron chi connectivity index (χ3n) is 4.21. The molecule has 0 radical (unpaired) electrons. The van der Waals surface area contributed by atoms with Gasteiger partial charge in [-0.3, -0.25) is 4.98 Å². The molecule has 5 nitrogen and oxygen atoms in total. The van der Waals surface area contributed by atoms with Gasteiger partial charge in [-0.1, -0.05) is 6.07 Å². The van der Waals surface area contributed by atoms with Crippen molar-refractivity contribution >= 4 is 17.3 Å². The van der Waals surface area contributed by atoms with E-state index in [1.54, 1.807) is 6.20 Å². The number of aliphatic hydroxyl groups excluding tert-OH is 1. The lowest BCUT2D eigenvalue weighted by molar-refractivity contribution is 0.218. The van der Waals surface area contributed by atoms with Crippen molar-refractivity contribution in [3.8, 4) is 0 Å². The quantitative estimate of drug-likeness (QED) is 0.825. The molecule has 122 valence electrons. The van der Waals surface area contributed by atoms with Crippen LogP contribution in [0.25, 0.3) is 0 Å². The summed E-state index contributed by atoms with van der Waals surface area (Å²) in [6.45, 7) is 4.89. The summed E-state index contributed by atoms with van der Waals surface area (Å²) in [4.78, 5) is 6.56. The van der Waals surface area contributed by atoms with Gasteiger partial charge < -0.3 is 19.9 Å². The Morgan fingerprint density at radius 3 is 2.78 bits per heavy atom. The standard InChI is InChI=1S/C17H22N4OS/c1-12(2)20-9-5-7-14(20)16-15(13-6-3-4-8-18-13)19-17(23)21(16)10-11-22/h3-9,12,15-16,22H,10-11H2,1-2H3,(H,19,23). The predicted octanol–water partition coefficient (Wildman–Crippen LogP) is 2.43. The Bertz CT molecular complexity index is 670. The Morgan fingerprint density at radius 2 is 2.13 bits per heavy atom. The first-order chi connectivity index (χ1) is 11.1. The van der Waals surface area contributed by atoms with Crippen molar-refractivity contribution in [1.29, 1.82) is 0 Å². The van der Waals surface area contributed by atoms with Crippen LogP contribution in [-0.2, 0) is 0 Å². The third-order valence-corrected chi connectivity index (χ3v) is 4.56. The Morgan fingerprint density at radius 1 is 1.30 bits per heavy atom. The van der Waals surface area contributed by atoms with Crippen LogP contribution in [0.1, 0.15) is 43.4 Å². The van der Waals surface area contributed by atoms with Crippen molar-refractivity contribution in [2.75, 3.05) is 13.2 Å². The van der Waals surface area contributed by atoms with Crippen LogP contribution in [0.5, 0.6) is 0 Å². The second-order valence-corrected chi connectivity index (χ2v) is 6.36. The average molecular weight is 330 g/mol. The number of hydrogen-bond acceptors (Lipinski definition) is 3. The highest BCUT2D eigenvalue weighted by Crippen LogP contribution is 2.39. The summed E-state index contributed by atoms with van der Waals surface area (Å²) in [5, 5.41) is 13.5. The van der Waals surface area contributed by atoms with Crippen LogP contribution in [-0.4, -0.2) is 37.8 Å². The van der Waals surface area contributed by atoms with E-state index in [9.17, 15) is 5.11 Å². The van der Waals surface area contributed by atoms with E-state index >= 15 is 0 Å². The van der Waals surface area contributed by atoms with E-state index in [1.165, 1.54) is 5.69 Å². The van der Waals surface area contributed by atoms with Crippen molar-refractivity contribution in [2.24, 2.45) is 0 Å². The molecule has 2 unspecified atom stereocenters. The van der Waals surface area contributed by atoms with Crippen LogP contribution in [0.4, 0.5) is 0 Å². The van der Waals surface area contributed by atoms with Gasteiger partial charge in [0.15, 0.2) is 5.11 Å². The van der Waals surface area contributed by atoms with Crippen LogP contribution in [0.3, 0.4) is 0 Å². The molecule has 3 rings (SSSR count). The molecule has 0 aromatic carbocycles. The van der Waals surface area contributed by atoms with Crippen molar-refractivity contribution in [3.05, 3.63) is 54.1 Å². The molecule has 1 saturated heterocycles. The minimum atomic E-state index is -0.0253. The highest BCUT2D eigenvalue weighted by molar-refractivity contribution is 7.80. The van der Waals surface area contributed by atoms with Gasteiger partial charge >= 0.3 is 0 Å². The van der Waals surface area contributed by atoms with Crippen LogP contribution in [0, 0.1) is 0 Å². The summed E-state index contributed by atoms with van der Waals surface area (Å²) in [5.74, 6) is 0. The van der Waals surface area contributed by atoms with Gasteiger partial charge in [0.05, 0.1) is 24.4 Å². The molecule has 1 aliphatic heterocycles. The summed E-state index contributed by atoms with van der Waals surface area (Å²) in [5.41, 5.74) is 2.13. The lowest BCUT2D eigenvalue weighted by Gasteiger charge is -2.29. The number of aromatic nitrogens is 2. The molecule has 3 heterocycles. The molecule has 1 fully saturated rings. The van der Waals surface area contributed by atoms with Crippen LogP contribution in [0.2, 0.25) is 0 Å². The molecule has 0 aliphatic carbocycles. The third kappa shape index (κ3) is 2.96. The molecule has 23 heavy (non-hydrogen) atoms. The maximum atomic E-state index is 9.44. The number of nitrogens with one attached hydrogen (secondary N) is 1. The number of thiocarbonyl (C=S) groups is 1. The van der Waals surface area contributed by atoms with Gasteiger partial charge in [0.25, 0.3) is 0 Å². The normalized spacial score (nSPS) is 21.0. The summed E-state index contributed by atoms with van der Waals surface area (Å²) in [7, 11) is 0. The second-order valence-electron chi connectivity index (χ2n) is 5.98. The average Bonchev–Trinajstić information content (AvgIpc) is 3.14. The van der Waals surface area contributed by atoms with Gasteiger partial charge in [-0.15, -0.1) is 0 Å². The number of hydrogen-bond donors (Lipinski definition) is 2. The first-order valence-corrected chi connectivity index (χ1v) is 8.30. The van der Waals surface area contributed by atoms with Gasteiger partial charge in [0.2, 0.25) is 0 Å². The molecule has 2 N–H and O–H groups in total. The van der Waals surface area contributed by atoms with E-state index in [4.69, 9.17) is 12.2 Å². The summed E-state index contributed by atoms with van der Waals surface area (Å²) in [6.07, 6.45) is 3.89. The zero-order valence-corrected chi connectivity index (χ0v) is 14.2. The van der Waals surface area contributed by atoms with E-state index in [1.807, 2.05) is 18.2 Å². The zero-order chi connectivity index (χ0) is 16.4. The van der Waals surface area contributed by atoms with Crippen LogP contribution >= 0.6 is 12.2 Å². The van der Waals surface area contributed by atoms with Crippen molar-refractivity contribution < 1.29 is 5.11 Å². The molecule has 2 aromatic rings. The maximum absolute atomic E-state index is 9.44. The number of aliphatic hydroxyl groups is 1. The number of nitrogens with zero attached hydrogens (tertiary/aromatic N) is 3. The molecular weight excluding hydrogens is 308 g/mol.